The van der Waals surface area contributed by atoms with Crippen molar-refractivity contribution >= 4 is 5.69 Å². The summed E-state index contributed by atoms with van der Waals surface area (Å²) in [6.07, 6.45) is 6.63. The van der Waals surface area contributed by atoms with Gasteiger partial charge < -0.3 is 10.1 Å². The van der Waals surface area contributed by atoms with Gasteiger partial charge >= 0.3 is 0 Å². The zero-order valence-electron chi connectivity index (χ0n) is 12.6. The molecule has 0 radical (unpaired) electrons. The van der Waals surface area contributed by atoms with Crippen LogP contribution in [0, 0.1) is 28.4 Å². The minimum atomic E-state index is -0.395. The largest absolute Gasteiger partial charge is 0.493 e. The first-order valence-electron chi connectivity index (χ1n) is 7.09. The summed E-state index contributed by atoms with van der Waals surface area (Å²) in [5.41, 5.74) is 0.873. The lowest BCUT2D eigenvalue weighted by Gasteiger charge is -2.13. The van der Waals surface area contributed by atoms with E-state index in [4.69, 9.17) is 11.2 Å². The van der Waals surface area contributed by atoms with Crippen molar-refractivity contribution in [2.45, 2.75) is 33.2 Å². The van der Waals surface area contributed by atoms with Crippen LogP contribution in [0.4, 0.5) is 5.69 Å². The molecule has 0 aliphatic carbocycles. The van der Waals surface area contributed by atoms with Crippen LogP contribution in [-0.4, -0.2) is 18.1 Å². The van der Waals surface area contributed by atoms with Crippen molar-refractivity contribution in [3.63, 3.8) is 0 Å². The first kappa shape index (κ1) is 17.0. The molecule has 1 rings (SSSR count). The summed E-state index contributed by atoms with van der Waals surface area (Å²) >= 11 is 0. The highest BCUT2D eigenvalue weighted by atomic mass is 16.6. The smallest absolute Gasteiger partial charge is 0.270 e. The molecule has 0 heterocycles. The number of nitro benzene ring substituents is 1. The predicted molar refractivity (Wildman–Crippen MR) is 83.2 cm³/mol. The maximum absolute atomic E-state index is 10.9. The van der Waals surface area contributed by atoms with Gasteiger partial charge in [-0.3, -0.25) is 10.1 Å². The fraction of sp³-hybridized carbons (Fsp3) is 0.500. The zero-order valence-corrected chi connectivity index (χ0v) is 12.6. The van der Waals surface area contributed by atoms with E-state index in [0.717, 1.165) is 18.5 Å². The molecule has 0 fully saturated rings. The van der Waals surface area contributed by atoms with Crippen LogP contribution in [0.3, 0.4) is 0 Å². The molecule has 0 atom stereocenters. The highest BCUT2D eigenvalue weighted by Gasteiger charge is 2.11. The second-order valence-corrected chi connectivity index (χ2v) is 5.23. The molecule has 5 nitrogen and oxygen atoms in total. The van der Waals surface area contributed by atoms with Crippen molar-refractivity contribution in [1.82, 2.24) is 5.32 Å². The van der Waals surface area contributed by atoms with Gasteiger partial charge in [0.2, 0.25) is 0 Å². The molecular weight excluding hydrogens is 268 g/mol. The van der Waals surface area contributed by atoms with Crippen molar-refractivity contribution in [3.8, 4) is 18.1 Å². The van der Waals surface area contributed by atoms with Gasteiger partial charge in [0.1, 0.15) is 5.75 Å². The number of hydrogen-bond acceptors (Lipinski definition) is 4. The maximum atomic E-state index is 10.9. The Morgan fingerprint density at radius 3 is 2.86 bits per heavy atom. The van der Waals surface area contributed by atoms with E-state index in [2.05, 4.69) is 25.1 Å². The number of nitro groups is 1. The molecule has 0 aliphatic rings. The van der Waals surface area contributed by atoms with Crippen molar-refractivity contribution < 1.29 is 9.66 Å². The molecule has 21 heavy (non-hydrogen) atoms. The number of hydrogen-bond donors (Lipinski definition) is 1. The third kappa shape index (κ3) is 6.28. The van der Waals surface area contributed by atoms with Crippen molar-refractivity contribution in [3.05, 3.63) is 33.9 Å². The molecule has 0 saturated carbocycles. The van der Waals surface area contributed by atoms with Crippen LogP contribution >= 0.6 is 0 Å². The Bertz CT molecular complexity index is 507. The Kier molecular flexibility index (Phi) is 7.27. The lowest BCUT2D eigenvalue weighted by Crippen LogP contribution is -2.19. The molecular formula is C16H22N2O3. The second kappa shape index (κ2) is 8.98. The van der Waals surface area contributed by atoms with Crippen LogP contribution in [0.2, 0.25) is 0 Å². The molecule has 0 aromatic heterocycles. The van der Waals surface area contributed by atoms with Gasteiger partial charge in [0, 0.05) is 30.7 Å². The topological polar surface area (TPSA) is 64.4 Å². The summed E-state index contributed by atoms with van der Waals surface area (Å²) in [7, 11) is 0. The number of benzene rings is 1. The molecule has 1 N–H and O–H groups in total. The van der Waals surface area contributed by atoms with Gasteiger partial charge in [-0.1, -0.05) is 13.8 Å². The van der Waals surface area contributed by atoms with Gasteiger partial charge in [0.15, 0.2) is 0 Å². The van der Waals surface area contributed by atoms with Gasteiger partial charge in [0.25, 0.3) is 5.69 Å². The molecule has 0 saturated heterocycles. The molecule has 0 amide bonds. The number of ether oxygens (including phenoxy) is 1. The van der Waals surface area contributed by atoms with E-state index < -0.39 is 4.92 Å². The molecule has 0 spiro atoms. The number of rotatable bonds is 9. The van der Waals surface area contributed by atoms with Gasteiger partial charge in [-0.05, 0) is 24.9 Å². The lowest BCUT2D eigenvalue weighted by atomic mass is 10.1. The van der Waals surface area contributed by atoms with Gasteiger partial charge in [-0.2, -0.15) is 0 Å². The number of terminal acetylenes is 1. The Labute approximate surface area is 125 Å². The normalized spacial score (nSPS) is 10.4. The molecule has 0 bridgehead atoms. The number of non-ortho nitro benzene ring substituents is 1. The number of unbranched alkanes of at least 4 members (excludes halogenated alkanes) is 1. The minimum absolute atomic E-state index is 0.0762. The van der Waals surface area contributed by atoms with E-state index >= 15 is 0 Å². The Morgan fingerprint density at radius 2 is 2.24 bits per heavy atom. The standard InChI is InChI=1S/C16H22N2O3/c1-4-5-6-9-21-16-8-7-15(18(19)20)10-14(16)12-17-11-13(2)3/h1,7-8,10,13,17H,5-6,9,11-12H2,2-3H3. The van der Waals surface area contributed by atoms with Crippen LogP contribution in [0.25, 0.3) is 0 Å². The van der Waals surface area contributed by atoms with Gasteiger partial charge in [-0.25, -0.2) is 0 Å². The van der Waals surface area contributed by atoms with E-state index in [1.165, 1.54) is 6.07 Å². The maximum Gasteiger partial charge on any atom is 0.270 e. The average Bonchev–Trinajstić information content (AvgIpc) is 2.44. The van der Waals surface area contributed by atoms with Crippen LogP contribution in [0.5, 0.6) is 5.75 Å². The van der Waals surface area contributed by atoms with Crippen molar-refractivity contribution in [2.24, 2.45) is 5.92 Å². The number of nitrogens with one attached hydrogen (secondary N) is 1. The van der Waals surface area contributed by atoms with E-state index in [1.54, 1.807) is 12.1 Å². The summed E-state index contributed by atoms with van der Waals surface area (Å²) in [5.74, 6) is 3.75. The predicted octanol–water partition coefficient (Wildman–Crippen LogP) is 3.13. The summed E-state index contributed by atoms with van der Waals surface area (Å²) in [4.78, 5) is 10.5. The zero-order chi connectivity index (χ0) is 15.7. The van der Waals surface area contributed by atoms with Crippen molar-refractivity contribution in [1.29, 1.82) is 0 Å². The van der Waals surface area contributed by atoms with Crippen LogP contribution in [0.15, 0.2) is 18.2 Å². The van der Waals surface area contributed by atoms with Gasteiger partial charge in [0.05, 0.1) is 11.5 Å². The molecule has 1 aromatic carbocycles. The fourth-order valence-corrected chi connectivity index (χ4v) is 1.81. The van der Waals surface area contributed by atoms with E-state index in [-0.39, 0.29) is 5.69 Å². The summed E-state index contributed by atoms with van der Waals surface area (Å²) in [6.45, 7) is 6.12. The third-order valence-corrected chi connectivity index (χ3v) is 2.85. The average molecular weight is 290 g/mol. The summed E-state index contributed by atoms with van der Waals surface area (Å²) in [6, 6.07) is 4.67. The monoisotopic (exact) mass is 290 g/mol. The second-order valence-electron chi connectivity index (χ2n) is 5.23. The van der Waals surface area contributed by atoms with Crippen LogP contribution in [-0.2, 0) is 6.54 Å². The molecule has 114 valence electrons. The Morgan fingerprint density at radius 1 is 1.48 bits per heavy atom. The van der Waals surface area contributed by atoms with E-state index in [0.29, 0.717) is 31.2 Å². The molecule has 1 aromatic rings. The Hall–Kier alpha value is -2.06. The highest BCUT2D eigenvalue weighted by Crippen LogP contribution is 2.24. The molecule has 0 aliphatic heterocycles. The van der Waals surface area contributed by atoms with E-state index in [1.807, 2.05) is 0 Å². The summed E-state index contributed by atoms with van der Waals surface area (Å²) < 4.78 is 5.67. The molecule has 0 unspecified atom stereocenters. The van der Waals surface area contributed by atoms with Crippen molar-refractivity contribution in [2.75, 3.05) is 13.2 Å². The highest BCUT2D eigenvalue weighted by molar-refractivity contribution is 5.43. The summed E-state index contributed by atoms with van der Waals surface area (Å²) in [5, 5.41) is 14.1. The fourth-order valence-electron chi connectivity index (χ4n) is 1.81. The van der Waals surface area contributed by atoms with E-state index in [9.17, 15) is 10.1 Å². The molecule has 5 heteroatoms. The number of nitrogens with zero attached hydrogens (tertiary/aromatic N) is 1. The lowest BCUT2D eigenvalue weighted by molar-refractivity contribution is -0.384. The SMILES string of the molecule is C#CCCCOc1ccc([N+](=O)[O-])cc1CNCC(C)C. The first-order chi connectivity index (χ1) is 10.0. The van der Waals surface area contributed by atoms with Gasteiger partial charge in [-0.15, -0.1) is 12.3 Å². The Balaban J connectivity index is 2.74. The minimum Gasteiger partial charge on any atom is -0.493 e. The van der Waals surface area contributed by atoms with Crippen LogP contribution in [0.1, 0.15) is 32.3 Å². The third-order valence-electron chi connectivity index (χ3n) is 2.85. The van der Waals surface area contributed by atoms with Crippen LogP contribution < -0.4 is 10.1 Å². The first-order valence-corrected chi connectivity index (χ1v) is 7.09. The quantitative estimate of drug-likeness (QED) is 0.328.